The van der Waals surface area contributed by atoms with Crippen LogP contribution in [0, 0.1) is 48.7 Å². The van der Waals surface area contributed by atoms with Crippen molar-refractivity contribution in [2.45, 2.75) is 0 Å². The number of nitrogens with zero attached hydrogens (tertiary/aromatic N) is 1. The molecule has 0 aliphatic heterocycles. The van der Waals surface area contributed by atoms with Crippen molar-refractivity contribution >= 4 is 23.1 Å². The Balaban J connectivity index is -0.0000000450. The Morgan fingerprint density at radius 3 is 1.67 bits per heavy atom. The third-order valence-corrected chi connectivity index (χ3v) is 0. The summed E-state index contributed by atoms with van der Waals surface area (Å²) in [4.78, 5) is 8.36. The molecule has 0 aliphatic carbocycles. The molecule has 0 bridgehead atoms. The van der Waals surface area contributed by atoms with Gasteiger partial charge in [0.15, 0.2) is 0 Å². The molecule has 1 N–H and O–H groups in total. The van der Waals surface area contributed by atoms with Gasteiger partial charge in [-0.2, -0.15) is 0 Å². The molecule has 37 valence electrons. The van der Waals surface area contributed by atoms with Crippen LogP contribution in [-0.4, -0.2) is 33.3 Å². The van der Waals surface area contributed by atoms with Crippen LogP contribution in [0.3, 0.4) is 0 Å². The first-order chi connectivity index (χ1) is 1.73. The minimum atomic E-state index is -1.50. The van der Waals surface area contributed by atoms with E-state index in [1.165, 1.54) is 0 Å². The average Bonchev–Trinajstić information content (AvgIpc) is 0.811. The zero-order chi connectivity index (χ0) is 3.58. The smallest absolute Gasteiger partial charge is 0.316 e. The molecule has 0 aromatic carbocycles. The molecule has 0 saturated carbocycles. The van der Waals surface area contributed by atoms with Crippen molar-refractivity contribution in [2.24, 2.45) is 0 Å². The fourth-order valence-electron chi connectivity index (χ4n) is 0. The van der Waals surface area contributed by atoms with Gasteiger partial charge in [0.1, 0.15) is 0 Å². The fraction of sp³-hybridized carbons (Fsp3) is 0. The first-order valence-electron chi connectivity index (χ1n) is 0.565. The van der Waals surface area contributed by atoms with Crippen molar-refractivity contribution in [1.29, 1.82) is 0 Å². The molecule has 0 fully saturated rings. The second-order valence-corrected chi connectivity index (χ2v) is 0.238. The van der Waals surface area contributed by atoms with E-state index >= 15 is 0 Å². The SMILES string of the molecule is O=[N+]([O-])O.[MgH2].[Tb]. The van der Waals surface area contributed by atoms with E-state index in [2.05, 4.69) is 0 Å². The molecule has 4 nitrogen and oxygen atoms in total. The summed E-state index contributed by atoms with van der Waals surface area (Å²) >= 11 is 0. The molecule has 0 aromatic heterocycles. The monoisotopic (exact) mass is 248 g/mol. The van der Waals surface area contributed by atoms with Gasteiger partial charge >= 0.3 is 23.1 Å². The van der Waals surface area contributed by atoms with Crippen LogP contribution in [0.4, 0.5) is 0 Å². The zero-order valence-corrected chi connectivity index (χ0v) is 4.18. The van der Waals surface area contributed by atoms with Gasteiger partial charge in [0.25, 0.3) is 5.09 Å². The normalized spacial score (nSPS) is 4.00. The Kier molecular flexibility index (Phi) is 24.9. The van der Waals surface area contributed by atoms with Gasteiger partial charge in [-0.25, -0.2) is 0 Å². The summed E-state index contributed by atoms with van der Waals surface area (Å²) in [6.07, 6.45) is 0. The predicted molar refractivity (Wildman–Crippen MR) is 17.3 cm³/mol. The zero-order valence-electron chi connectivity index (χ0n) is 2.04. The standard InChI is InChI=1S/Mg.HNO3.Tb.2H/c;2-1(3)4;;;/h;(H,2,3,4);;;. The van der Waals surface area contributed by atoms with Crippen molar-refractivity contribution in [2.75, 3.05) is 0 Å². The van der Waals surface area contributed by atoms with E-state index in [9.17, 15) is 0 Å². The maximum atomic E-state index is 8.36. The van der Waals surface area contributed by atoms with Crippen LogP contribution in [0.2, 0.25) is 0 Å². The van der Waals surface area contributed by atoms with Gasteiger partial charge in [0, 0.05) is 38.6 Å². The molecule has 0 atom stereocenters. The van der Waals surface area contributed by atoms with Gasteiger partial charge in [-0.05, 0) is 0 Å². The van der Waals surface area contributed by atoms with Gasteiger partial charge in [-0.1, -0.05) is 0 Å². The van der Waals surface area contributed by atoms with Gasteiger partial charge in [0.2, 0.25) is 0 Å². The van der Waals surface area contributed by atoms with Crippen LogP contribution in [0.25, 0.3) is 0 Å². The van der Waals surface area contributed by atoms with Crippen LogP contribution in [0.1, 0.15) is 0 Å². The Hall–Kier alpha value is 1.25. The Labute approximate surface area is 81.0 Å². The van der Waals surface area contributed by atoms with Crippen LogP contribution in [0.15, 0.2) is 0 Å². The number of hydrogen-bond donors (Lipinski definition) is 1. The van der Waals surface area contributed by atoms with E-state index in [1.807, 2.05) is 0 Å². The maximum absolute atomic E-state index is 8.36. The third kappa shape index (κ3) is 60.6. The molecule has 0 unspecified atom stereocenters. The molecular weight excluding hydrogens is 245 g/mol. The summed E-state index contributed by atoms with van der Waals surface area (Å²) < 4.78 is 0. The fourth-order valence-corrected chi connectivity index (χ4v) is 0. The van der Waals surface area contributed by atoms with Crippen LogP contribution in [0.5, 0.6) is 0 Å². The van der Waals surface area contributed by atoms with E-state index in [0.717, 1.165) is 0 Å². The first kappa shape index (κ1) is 15.7. The average molecular weight is 248 g/mol. The van der Waals surface area contributed by atoms with Gasteiger partial charge < -0.3 is 5.21 Å². The van der Waals surface area contributed by atoms with E-state index in [0.29, 0.717) is 0 Å². The molecule has 6 heavy (non-hydrogen) atoms. The van der Waals surface area contributed by atoms with Crippen molar-refractivity contribution in [3.8, 4) is 0 Å². The summed E-state index contributed by atoms with van der Waals surface area (Å²) in [6.45, 7) is 0. The second-order valence-electron chi connectivity index (χ2n) is 0.238. The Bertz CT molecular complexity index is 33.8. The Morgan fingerprint density at radius 1 is 1.67 bits per heavy atom. The molecule has 0 rings (SSSR count). The van der Waals surface area contributed by atoms with Gasteiger partial charge in [0.05, 0.1) is 0 Å². The molecule has 0 saturated heterocycles. The molecule has 0 spiro atoms. The molecule has 0 heterocycles. The van der Waals surface area contributed by atoms with Crippen LogP contribution >= 0.6 is 0 Å². The maximum Gasteiger partial charge on any atom is 0.316 e. The molecule has 0 amide bonds. The summed E-state index contributed by atoms with van der Waals surface area (Å²) in [5.74, 6) is 0. The largest absolute Gasteiger partial charge is 0.328 e. The Morgan fingerprint density at radius 2 is 1.67 bits per heavy atom. The van der Waals surface area contributed by atoms with Crippen molar-refractivity contribution < 1.29 is 48.9 Å². The third-order valence-electron chi connectivity index (χ3n) is 0. The van der Waals surface area contributed by atoms with E-state index in [1.54, 1.807) is 0 Å². The summed E-state index contributed by atoms with van der Waals surface area (Å²) in [5.41, 5.74) is 0. The first-order valence-corrected chi connectivity index (χ1v) is 0.565. The van der Waals surface area contributed by atoms with Crippen molar-refractivity contribution in [3.63, 3.8) is 0 Å². The van der Waals surface area contributed by atoms with Crippen molar-refractivity contribution in [1.82, 2.24) is 0 Å². The minimum absolute atomic E-state index is 0. The molecule has 6 heteroatoms. The van der Waals surface area contributed by atoms with Crippen LogP contribution < -0.4 is 0 Å². The number of rotatable bonds is 0. The summed E-state index contributed by atoms with van der Waals surface area (Å²) in [5, 5.41) is 13.6. The minimum Gasteiger partial charge on any atom is -0.328 e. The quantitative estimate of drug-likeness (QED) is 0.330. The summed E-state index contributed by atoms with van der Waals surface area (Å²) in [7, 11) is 0. The number of hydrogen-bond acceptors (Lipinski definition) is 2. The molecule has 1 radical (unpaired) electrons. The second kappa shape index (κ2) is 9.54. The summed E-state index contributed by atoms with van der Waals surface area (Å²) in [6, 6.07) is 0. The van der Waals surface area contributed by atoms with E-state index < -0.39 is 5.09 Å². The van der Waals surface area contributed by atoms with Crippen molar-refractivity contribution in [3.05, 3.63) is 10.1 Å². The van der Waals surface area contributed by atoms with E-state index in [-0.39, 0.29) is 61.7 Å². The molecule has 0 aliphatic rings. The molecule has 0 aromatic rings. The predicted octanol–water partition coefficient (Wildman–Crippen LogP) is -1.26. The van der Waals surface area contributed by atoms with E-state index in [4.69, 9.17) is 15.3 Å². The van der Waals surface area contributed by atoms with Gasteiger partial charge in [-0.15, -0.1) is 10.1 Å². The van der Waals surface area contributed by atoms with Crippen LogP contribution in [-0.2, 0) is 0 Å². The topological polar surface area (TPSA) is 63.4 Å². The van der Waals surface area contributed by atoms with Gasteiger partial charge in [-0.3, -0.25) is 0 Å². The molecular formula is H3MgNO3Tb.